The van der Waals surface area contributed by atoms with Gasteiger partial charge in [-0.05, 0) is 66.3 Å². The topological polar surface area (TPSA) is 31.4 Å². The Bertz CT molecular complexity index is 1120. The lowest BCUT2D eigenvalue weighted by molar-refractivity contribution is -0.0579. The van der Waals surface area contributed by atoms with Gasteiger partial charge in [-0.2, -0.15) is 0 Å². The molecule has 0 unspecified atom stereocenters. The summed E-state index contributed by atoms with van der Waals surface area (Å²) >= 11 is 0. The summed E-state index contributed by atoms with van der Waals surface area (Å²) in [6.07, 6.45) is 6.77. The molecule has 0 N–H and O–H groups in total. The number of rotatable bonds is 4. The van der Waals surface area contributed by atoms with Gasteiger partial charge in [0.15, 0.2) is 8.32 Å². The van der Waals surface area contributed by atoms with Gasteiger partial charge in [0.05, 0.1) is 11.7 Å². The Morgan fingerprint density at radius 2 is 1.67 bits per heavy atom. The van der Waals surface area contributed by atoms with E-state index in [1.165, 1.54) is 46.5 Å². The highest BCUT2D eigenvalue weighted by Crippen LogP contribution is 2.60. The number of nitrogens with zero attached hydrogens (tertiary/aromatic N) is 1. The Hall–Kier alpha value is -1.49. The normalized spacial score (nSPS) is 24.8. The van der Waals surface area contributed by atoms with Crippen molar-refractivity contribution in [2.45, 2.75) is 129 Å². The van der Waals surface area contributed by atoms with Crippen LogP contribution >= 0.6 is 0 Å². The molecule has 0 amide bonds. The van der Waals surface area contributed by atoms with Crippen molar-refractivity contribution in [3.05, 3.63) is 64.0 Å². The number of aromatic nitrogens is 1. The number of benzene rings is 1. The van der Waals surface area contributed by atoms with E-state index in [-0.39, 0.29) is 28.3 Å². The van der Waals surface area contributed by atoms with E-state index in [1.54, 1.807) is 0 Å². The molecule has 1 saturated carbocycles. The van der Waals surface area contributed by atoms with Crippen LogP contribution in [-0.4, -0.2) is 13.3 Å². The van der Waals surface area contributed by atoms with Crippen LogP contribution in [0.15, 0.2) is 30.3 Å². The molecule has 3 aliphatic rings. The zero-order valence-electron chi connectivity index (χ0n) is 24.1. The molecule has 2 atom stereocenters. The summed E-state index contributed by atoms with van der Waals surface area (Å²) < 4.78 is 14.6. The Morgan fingerprint density at radius 1 is 1.03 bits per heavy atom. The molecule has 2 aromatic rings. The highest BCUT2D eigenvalue weighted by atomic mass is 28.4. The fourth-order valence-corrected chi connectivity index (χ4v) is 7.91. The van der Waals surface area contributed by atoms with Crippen LogP contribution in [0.25, 0.3) is 0 Å². The van der Waals surface area contributed by atoms with Gasteiger partial charge < -0.3 is 9.16 Å². The average Bonchev–Trinajstić information content (AvgIpc) is 3.37. The van der Waals surface area contributed by atoms with Gasteiger partial charge in [-0.15, -0.1) is 0 Å². The molecule has 2 heterocycles. The van der Waals surface area contributed by atoms with E-state index in [2.05, 4.69) is 91.9 Å². The lowest BCUT2D eigenvalue weighted by Crippen LogP contribution is -2.44. The third kappa shape index (κ3) is 4.31. The zero-order valence-corrected chi connectivity index (χ0v) is 25.1. The Kier molecular flexibility index (Phi) is 6.37. The standard InChI is InChI=1S/C32H47NO2Si/c1-21(2)28-26-27(32(17-13-14-18-32)34-29(26)22-15-11-10-12-16-22)25-23(33-28)19-31(6,7)20-24(25)35-36(8,9)30(3,4)5/h10-12,15-16,21,24,29H,13-14,17-20H2,1-9H3/t24-,29+/m0/s1. The van der Waals surface area contributed by atoms with Gasteiger partial charge in [0.1, 0.15) is 6.10 Å². The van der Waals surface area contributed by atoms with Gasteiger partial charge in [0.2, 0.25) is 0 Å². The van der Waals surface area contributed by atoms with E-state index in [0.29, 0.717) is 5.92 Å². The summed E-state index contributed by atoms with van der Waals surface area (Å²) in [7, 11) is -1.99. The van der Waals surface area contributed by atoms with Crippen molar-refractivity contribution in [1.29, 1.82) is 0 Å². The largest absolute Gasteiger partial charge is 0.410 e. The average molecular weight is 506 g/mol. The number of hydrogen-bond acceptors (Lipinski definition) is 3. The molecule has 1 aromatic carbocycles. The van der Waals surface area contributed by atoms with E-state index in [1.807, 2.05) is 0 Å². The Labute approximate surface area is 220 Å². The molecule has 1 spiro atoms. The van der Waals surface area contributed by atoms with Crippen LogP contribution in [0.4, 0.5) is 0 Å². The third-order valence-electron chi connectivity index (χ3n) is 9.45. The van der Waals surface area contributed by atoms with Crippen LogP contribution in [0.2, 0.25) is 18.1 Å². The van der Waals surface area contributed by atoms with Crippen LogP contribution in [0.5, 0.6) is 0 Å². The molecule has 1 aromatic heterocycles. The molecule has 36 heavy (non-hydrogen) atoms. The van der Waals surface area contributed by atoms with Crippen molar-refractivity contribution in [2.24, 2.45) is 5.41 Å². The molecule has 0 radical (unpaired) electrons. The maximum Gasteiger partial charge on any atom is 0.192 e. The lowest BCUT2D eigenvalue weighted by atomic mass is 9.70. The maximum absolute atomic E-state index is 7.32. The molecule has 0 saturated heterocycles. The van der Waals surface area contributed by atoms with Crippen molar-refractivity contribution < 1.29 is 9.16 Å². The number of fused-ring (bicyclic) bond motifs is 4. The van der Waals surface area contributed by atoms with E-state index >= 15 is 0 Å². The van der Waals surface area contributed by atoms with Crippen molar-refractivity contribution >= 4 is 8.32 Å². The van der Waals surface area contributed by atoms with Gasteiger partial charge in [-0.25, -0.2) is 0 Å². The van der Waals surface area contributed by atoms with Crippen molar-refractivity contribution in [1.82, 2.24) is 4.98 Å². The van der Waals surface area contributed by atoms with Crippen molar-refractivity contribution in [3.63, 3.8) is 0 Å². The molecule has 0 bridgehead atoms. The fourth-order valence-electron chi connectivity index (χ4n) is 6.64. The van der Waals surface area contributed by atoms with Crippen molar-refractivity contribution in [2.75, 3.05) is 0 Å². The first kappa shape index (κ1) is 26.1. The van der Waals surface area contributed by atoms with E-state index in [9.17, 15) is 0 Å². The molecule has 4 heteroatoms. The molecule has 2 aliphatic carbocycles. The summed E-state index contributed by atoms with van der Waals surface area (Å²) in [5.41, 5.74) is 7.97. The molecule has 1 fully saturated rings. The summed E-state index contributed by atoms with van der Waals surface area (Å²) in [6.45, 7) is 21.3. The number of ether oxygens (including phenoxy) is 1. The predicted molar refractivity (Wildman–Crippen MR) is 151 cm³/mol. The van der Waals surface area contributed by atoms with Crippen molar-refractivity contribution in [3.8, 4) is 0 Å². The van der Waals surface area contributed by atoms with E-state index < -0.39 is 8.32 Å². The first-order valence-corrected chi connectivity index (χ1v) is 17.1. The summed E-state index contributed by atoms with van der Waals surface area (Å²) in [4.78, 5) is 5.51. The van der Waals surface area contributed by atoms with Crippen LogP contribution < -0.4 is 0 Å². The van der Waals surface area contributed by atoms with Gasteiger partial charge in [-0.3, -0.25) is 4.98 Å². The van der Waals surface area contributed by atoms with E-state index in [0.717, 1.165) is 25.7 Å². The smallest absolute Gasteiger partial charge is 0.192 e. The highest BCUT2D eigenvalue weighted by Gasteiger charge is 2.54. The molecular weight excluding hydrogens is 458 g/mol. The Morgan fingerprint density at radius 3 is 2.25 bits per heavy atom. The van der Waals surface area contributed by atoms with Gasteiger partial charge in [0.25, 0.3) is 0 Å². The first-order valence-electron chi connectivity index (χ1n) is 14.2. The molecule has 3 nitrogen and oxygen atoms in total. The monoisotopic (exact) mass is 505 g/mol. The zero-order chi connectivity index (χ0) is 26.1. The summed E-state index contributed by atoms with van der Waals surface area (Å²) in [5.74, 6) is 0.347. The second kappa shape index (κ2) is 8.78. The number of hydrogen-bond donors (Lipinski definition) is 0. The van der Waals surface area contributed by atoms with Crippen LogP contribution in [0.1, 0.15) is 132 Å². The molecule has 1 aliphatic heterocycles. The second-order valence-corrected chi connectivity index (χ2v) is 19.1. The maximum atomic E-state index is 7.32. The minimum Gasteiger partial charge on any atom is -0.410 e. The first-order chi connectivity index (χ1) is 16.7. The number of pyridine rings is 1. The van der Waals surface area contributed by atoms with Gasteiger partial charge in [-0.1, -0.05) is 91.6 Å². The van der Waals surface area contributed by atoms with Crippen LogP contribution in [-0.2, 0) is 21.2 Å². The quantitative estimate of drug-likeness (QED) is 0.388. The van der Waals surface area contributed by atoms with Gasteiger partial charge in [0, 0.05) is 22.5 Å². The summed E-state index contributed by atoms with van der Waals surface area (Å²) in [6, 6.07) is 10.9. The minimum atomic E-state index is -1.99. The SMILES string of the molecule is CC(C)c1nc2c(c3c1[C@@H](c1ccccc1)OC31CCCC1)[C@@H](O[Si](C)(C)C(C)(C)C)CC(C)(C)C2. The molecular formula is C32H47NO2Si. The minimum absolute atomic E-state index is 0.0436. The Balaban J connectivity index is 1.78. The highest BCUT2D eigenvalue weighted by molar-refractivity contribution is 6.74. The van der Waals surface area contributed by atoms with E-state index in [4.69, 9.17) is 14.1 Å². The third-order valence-corrected chi connectivity index (χ3v) is 13.9. The van der Waals surface area contributed by atoms with Crippen LogP contribution in [0, 0.1) is 5.41 Å². The lowest BCUT2D eigenvalue weighted by Gasteiger charge is -2.45. The van der Waals surface area contributed by atoms with Crippen LogP contribution in [0.3, 0.4) is 0 Å². The molecule has 5 rings (SSSR count). The second-order valence-electron chi connectivity index (χ2n) is 14.3. The predicted octanol–water partition coefficient (Wildman–Crippen LogP) is 9.13. The van der Waals surface area contributed by atoms with Gasteiger partial charge >= 0.3 is 0 Å². The summed E-state index contributed by atoms with van der Waals surface area (Å²) in [5, 5.41) is 0.164. The fraction of sp³-hybridized carbons (Fsp3) is 0.656. The molecule has 196 valence electrons.